The summed E-state index contributed by atoms with van der Waals surface area (Å²) in [7, 11) is -0.600. The lowest BCUT2D eigenvalue weighted by atomic mass is 9.90. The third-order valence-electron chi connectivity index (χ3n) is 1.65. The van der Waals surface area contributed by atoms with Crippen molar-refractivity contribution in [3.63, 3.8) is 0 Å². The van der Waals surface area contributed by atoms with Crippen LogP contribution in [0.2, 0.25) is 0 Å². The molecule has 0 aliphatic heterocycles. The van der Waals surface area contributed by atoms with Gasteiger partial charge in [0.25, 0.3) is 0 Å². The normalized spacial score (nSPS) is 12.9. The van der Waals surface area contributed by atoms with Crippen molar-refractivity contribution in [1.29, 1.82) is 0 Å². The number of hydrogen-bond acceptors (Lipinski definition) is 4. The van der Waals surface area contributed by atoms with Crippen molar-refractivity contribution >= 4 is 13.4 Å². The predicted octanol–water partition coefficient (Wildman–Crippen LogP) is 2.48. The monoisotopic (exact) mass is 222 g/mol. The minimum Gasteiger partial charge on any atom is -0.312 e. The van der Waals surface area contributed by atoms with Gasteiger partial charge in [0, 0.05) is 20.6 Å². The topological polar surface area (TPSA) is 52.6 Å². The number of carbonyl (C=O) groups excluding carboxylic acids is 1. The van der Waals surface area contributed by atoms with E-state index in [1.807, 2.05) is 20.8 Å². The van der Waals surface area contributed by atoms with Gasteiger partial charge in [-0.3, -0.25) is 9.36 Å². The van der Waals surface area contributed by atoms with Crippen molar-refractivity contribution in [2.75, 3.05) is 20.4 Å². The van der Waals surface area contributed by atoms with E-state index in [1.165, 1.54) is 14.2 Å². The lowest BCUT2D eigenvalue weighted by molar-refractivity contribution is -0.118. The van der Waals surface area contributed by atoms with E-state index in [4.69, 9.17) is 0 Å². The van der Waals surface area contributed by atoms with Gasteiger partial charge in [0.2, 0.25) is 0 Å². The van der Waals surface area contributed by atoms with Crippen molar-refractivity contribution in [1.82, 2.24) is 0 Å². The fourth-order valence-corrected chi connectivity index (χ4v) is 2.02. The van der Waals surface area contributed by atoms with Crippen molar-refractivity contribution in [2.24, 2.45) is 5.41 Å². The molecule has 4 nitrogen and oxygen atoms in total. The van der Waals surface area contributed by atoms with E-state index in [9.17, 15) is 9.36 Å². The van der Waals surface area contributed by atoms with Crippen LogP contribution in [0.4, 0.5) is 0 Å². The first kappa shape index (κ1) is 13.8. The molecule has 0 bridgehead atoms. The number of hydrogen-bond donors (Lipinski definition) is 0. The Balaban J connectivity index is 4.26. The summed E-state index contributed by atoms with van der Waals surface area (Å²) < 4.78 is 21.0. The molecule has 84 valence electrons. The molecule has 0 unspecified atom stereocenters. The maximum atomic E-state index is 11.6. The average molecular weight is 222 g/mol. The molecule has 0 aromatic carbocycles. The molecule has 5 heteroatoms. The van der Waals surface area contributed by atoms with E-state index in [-0.39, 0.29) is 17.4 Å². The Bertz CT molecular complexity index is 234. The summed E-state index contributed by atoms with van der Waals surface area (Å²) in [4.78, 5) is 11.5. The van der Waals surface area contributed by atoms with Crippen LogP contribution in [0, 0.1) is 5.41 Å². The molecule has 0 aliphatic carbocycles. The Labute approximate surface area is 85.5 Å². The van der Waals surface area contributed by atoms with Crippen LogP contribution in [0.1, 0.15) is 27.2 Å². The highest BCUT2D eigenvalue weighted by Crippen LogP contribution is 2.46. The molecule has 0 amide bonds. The summed E-state index contributed by atoms with van der Waals surface area (Å²) in [5.74, 6) is -0.0930. The molecule has 0 N–H and O–H groups in total. The number of rotatable bonds is 5. The van der Waals surface area contributed by atoms with Crippen LogP contribution >= 0.6 is 7.60 Å². The van der Waals surface area contributed by atoms with Gasteiger partial charge >= 0.3 is 7.60 Å². The number of ketones is 1. The molecule has 0 aromatic heterocycles. The van der Waals surface area contributed by atoms with Gasteiger partial charge in [-0.1, -0.05) is 20.8 Å². The molecule has 0 aliphatic rings. The summed E-state index contributed by atoms with van der Waals surface area (Å²) in [6.45, 7) is 5.86. The van der Waals surface area contributed by atoms with Gasteiger partial charge in [0.1, 0.15) is 11.9 Å². The summed E-state index contributed by atoms with van der Waals surface area (Å²) in [5.41, 5.74) is -0.0939. The van der Waals surface area contributed by atoms with Crippen molar-refractivity contribution < 1.29 is 18.4 Å². The number of carbonyl (C=O) groups is 1. The molecule has 0 saturated carbocycles. The third kappa shape index (κ3) is 5.53. The Kier molecular flexibility index (Phi) is 4.99. The Morgan fingerprint density at radius 2 is 1.64 bits per heavy atom. The van der Waals surface area contributed by atoms with Crippen molar-refractivity contribution in [2.45, 2.75) is 27.2 Å². The van der Waals surface area contributed by atoms with Gasteiger partial charge < -0.3 is 9.05 Å². The molecule has 0 spiro atoms. The predicted molar refractivity (Wildman–Crippen MR) is 55.6 cm³/mol. The number of Topliss-reactive ketones (excluding diaryl/α,β-unsaturated/α-hetero) is 1. The molecule has 0 atom stereocenters. The Morgan fingerprint density at radius 3 is 1.93 bits per heavy atom. The van der Waals surface area contributed by atoms with E-state index < -0.39 is 7.60 Å². The van der Waals surface area contributed by atoms with Crippen LogP contribution < -0.4 is 0 Å². The van der Waals surface area contributed by atoms with Crippen LogP contribution in [0.5, 0.6) is 0 Å². The van der Waals surface area contributed by atoms with Crippen LogP contribution in [-0.2, 0) is 18.4 Å². The SMILES string of the molecule is COP(=O)(CC(=O)CC(C)(C)C)OC. The second-order valence-corrected chi connectivity index (χ2v) is 6.68. The molecular weight excluding hydrogens is 203 g/mol. The summed E-state index contributed by atoms with van der Waals surface area (Å²) in [6, 6.07) is 0. The van der Waals surface area contributed by atoms with Crippen LogP contribution in [0.25, 0.3) is 0 Å². The molecule has 0 radical (unpaired) electrons. The highest BCUT2D eigenvalue weighted by atomic mass is 31.2. The minimum atomic E-state index is -3.17. The average Bonchev–Trinajstić information content (AvgIpc) is 2.00. The molecule has 0 rings (SSSR count). The maximum Gasteiger partial charge on any atom is 0.337 e. The van der Waals surface area contributed by atoms with Crippen LogP contribution in [0.3, 0.4) is 0 Å². The highest BCUT2D eigenvalue weighted by molar-refractivity contribution is 7.54. The molecule has 0 fully saturated rings. The highest BCUT2D eigenvalue weighted by Gasteiger charge is 2.27. The van der Waals surface area contributed by atoms with E-state index in [0.717, 1.165) is 0 Å². The van der Waals surface area contributed by atoms with Gasteiger partial charge in [-0.05, 0) is 5.41 Å². The van der Waals surface area contributed by atoms with E-state index >= 15 is 0 Å². The maximum absolute atomic E-state index is 11.6. The standard InChI is InChI=1S/C9H19O4P/c1-9(2,3)6-8(10)7-14(11,12-4)13-5/h6-7H2,1-5H3. The smallest absolute Gasteiger partial charge is 0.312 e. The first-order chi connectivity index (χ1) is 6.22. The molecule has 0 aromatic rings. The molecule has 14 heavy (non-hydrogen) atoms. The molecule has 0 heterocycles. The van der Waals surface area contributed by atoms with Gasteiger partial charge in [-0.15, -0.1) is 0 Å². The van der Waals surface area contributed by atoms with Crippen LogP contribution in [0.15, 0.2) is 0 Å². The third-order valence-corrected chi connectivity index (χ3v) is 3.51. The van der Waals surface area contributed by atoms with E-state index in [1.54, 1.807) is 0 Å². The second kappa shape index (κ2) is 5.06. The van der Waals surface area contributed by atoms with Gasteiger partial charge in [-0.25, -0.2) is 0 Å². The zero-order chi connectivity index (χ0) is 11.4. The zero-order valence-electron chi connectivity index (χ0n) is 9.49. The lowest BCUT2D eigenvalue weighted by Gasteiger charge is -2.18. The Morgan fingerprint density at radius 1 is 1.21 bits per heavy atom. The van der Waals surface area contributed by atoms with Crippen LogP contribution in [-0.4, -0.2) is 26.2 Å². The lowest BCUT2D eigenvalue weighted by Crippen LogP contribution is -2.16. The Hall–Kier alpha value is -0.180. The second-order valence-electron chi connectivity index (χ2n) is 4.41. The summed E-state index contributed by atoms with van der Waals surface area (Å²) >= 11 is 0. The first-order valence-corrected chi connectivity index (χ1v) is 6.17. The van der Waals surface area contributed by atoms with E-state index in [2.05, 4.69) is 9.05 Å². The van der Waals surface area contributed by atoms with Crippen molar-refractivity contribution in [3.8, 4) is 0 Å². The molecule has 0 saturated heterocycles. The van der Waals surface area contributed by atoms with Crippen molar-refractivity contribution in [3.05, 3.63) is 0 Å². The summed E-state index contributed by atoms with van der Waals surface area (Å²) in [6.07, 6.45) is 0.237. The fraction of sp³-hybridized carbons (Fsp3) is 0.889. The zero-order valence-corrected chi connectivity index (χ0v) is 10.4. The molecular formula is C9H19O4P. The summed E-state index contributed by atoms with van der Waals surface area (Å²) in [5, 5.41) is 0. The van der Waals surface area contributed by atoms with Gasteiger partial charge in [0.15, 0.2) is 0 Å². The van der Waals surface area contributed by atoms with Gasteiger partial charge in [-0.2, -0.15) is 0 Å². The fourth-order valence-electron chi connectivity index (χ4n) is 1.07. The largest absolute Gasteiger partial charge is 0.337 e. The minimum absolute atomic E-state index is 0.0930. The quantitative estimate of drug-likeness (QED) is 0.670. The first-order valence-electron chi connectivity index (χ1n) is 4.45. The van der Waals surface area contributed by atoms with Gasteiger partial charge in [0.05, 0.1) is 0 Å². The van der Waals surface area contributed by atoms with E-state index in [0.29, 0.717) is 6.42 Å².